The normalized spacial score (nSPS) is 21.5. The van der Waals surface area contributed by atoms with Crippen LogP contribution < -0.4 is 0 Å². The summed E-state index contributed by atoms with van der Waals surface area (Å²) >= 11 is 0. The van der Waals surface area contributed by atoms with Gasteiger partial charge in [-0.25, -0.2) is 0 Å². The molecule has 1 heterocycles. The van der Waals surface area contributed by atoms with Crippen LogP contribution in [0, 0.1) is 0 Å². The minimum Gasteiger partial charge on any atom is -0.403 e. The van der Waals surface area contributed by atoms with E-state index in [0.717, 1.165) is 5.56 Å². The van der Waals surface area contributed by atoms with Gasteiger partial charge >= 0.3 is 7.12 Å². The summed E-state index contributed by atoms with van der Waals surface area (Å²) in [5.74, 6) is 0. The lowest BCUT2D eigenvalue weighted by atomic mass is 9.82. The molecule has 1 saturated heterocycles. The van der Waals surface area contributed by atoms with Crippen molar-refractivity contribution in [1.82, 2.24) is 0 Å². The first-order valence-corrected chi connectivity index (χ1v) is 7.45. The summed E-state index contributed by atoms with van der Waals surface area (Å²) < 4.78 is 17.3. The van der Waals surface area contributed by atoms with Crippen molar-refractivity contribution in [3.05, 3.63) is 35.9 Å². The minimum atomic E-state index is -0.594. The molecule has 0 aromatic heterocycles. The van der Waals surface area contributed by atoms with Crippen LogP contribution in [0.15, 0.2) is 30.3 Å². The number of aliphatic hydroxyl groups is 1. The standard InChI is InChI=1S/C16H25BO4/c1-15(2)16(3,4)21-17(20-15)10-14(18)12-19-11-13-8-6-5-7-9-13/h5-9,14,18H,10-12H2,1-4H3. The van der Waals surface area contributed by atoms with Gasteiger partial charge < -0.3 is 19.2 Å². The molecule has 1 aromatic rings. The molecular weight excluding hydrogens is 267 g/mol. The van der Waals surface area contributed by atoms with Crippen LogP contribution in [0.4, 0.5) is 0 Å². The molecule has 116 valence electrons. The SMILES string of the molecule is CC1(C)OB(CC(O)COCc2ccccc2)OC1(C)C. The van der Waals surface area contributed by atoms with Gasteiger partial charge in [0, 0.05) is 6.32 Å². The molecule has 0 bridgehead atoms. The van der Waals surface area contributed by atoms with Crippen LogP contribution in [-0.2, 0) is 20.7 Å². The molecule has 0 radical (unpaired) electrons. The van der Waals surface area contributed by atoms with Gasteiger partial charge in [-0.1, -0.05) is 30.3 Å². The Balaban J connectivity index is 1.72. The second-order valence-corrected chi connectivity index (χ2v) is 6.58. The van der Waals surface area contributed by atoms with Crippen molar-refractivity contribution >= 4 is 7.12 Å². The molecule has 1 N–H and O–H groups in total. The molecule has 5 heteroatoms. The zero-order chi connectivity index (χ0) is 15.5. The molecule has 1 aliphatic rings. The molecule has 1 aromatic carbocycles. The van der Waals surface area contributed by atoms with Crippen LogP contribution in [0.5, 0.6) is 0 Å². The van der Waals surface area contributed by atoms with Crippen molar-refractivity contribution < 1.29 is 19.2 Å². The third-order valence-electron chi connectivity index (χ3n) is 4.19. The van der Waals surface area contributed by atoms with E-state index in [0.29, 0.717) is 12.9 Å². The number of hydrogen-bond acceptors (Lipinski definition) is 4. The maximum atomic E-state index is 10.0. The maximum absolute atomic E-state index is 10.0. The lowest BCUT2D eigenvalue weighted by Crippen LogP contribution is -2.41. The molecule has 4 nitrogen and oxygen atoms in total. The summed E-state index contributed by atoms with van der Waals surface area (Å²) in [5, 5.41) is 10.0. The summed E-state index contributed by atoms with van der Waals surface area (Å²) in [6.07, 6.45) is -0.176. The Kier molecular flexibility index (Phi) is 5.09. The highest BCUT2D eigenvalue weighted by atomic mass is 16.7. The predicted molar refractivity (Wildman–Crippen MR) is 83.0 cm³/mol. The van der Waals surface area contributed by atoms with Gasteiger partial charge in [-0.15, -0.1) is 0 Å². The quantitative estimate of drug-likeness (QED) is 0.819. The summed E-state index contributed by atoms with van der Waals surface area (Å²) in [6, 6.07) is 9.91. The molecule has 1 fully saturated rings. The van der Waals surface area contributed by atoms with Crippen molar-refractivity contribution in [3.8, 4) is 0 Å². The monoisotopic (exact) mass is 292 g/mol. The van der Waals surface area contributed by atoms with Crippen LogP contribution in [0.3, 0.4) is 0 Å². The molecule has 0 saturated carbocycles. The van der Waals surface area contributed by atoms with E-state index in [4.69, 9.17) is 14.0 Å². The van der Waals surface area contributed by atoms with Gasteiger partial charge in [0.25, 0.3) is 0 Å². The van der Waals surface area contributed by atoms with Crippen LogP contribution in [0.25, 0.3) is 0 Å². The Morgan fingerprint density at radius 1 is 1.10 bits per heavy atom. The maximum Gasteiger partial charge on any atom is 0.460 e. The van der Waals surface area contributed by atoms with Gasteiger partial charge in [0.05, 0.1) is 30.5 Å². The minimum absolute atomic E-state index is 0.277. The van der Waals surface area contributed by atoms with Crippen molar-refractivity contribution in [2.45, 2.75) is 57.9 Å². The van der Waals surface area contributed by atoms with Gasteiger partial charge in [0.1, 0.15) is 0 Å². The zero-order valence-electron chi connectivity index (χ0n) is 13.3. The average Bonchev–Trinajstić information content (AvgIpc) is 2.58. The third kappa shape index (κ3) is 4.30. The molecule has 0 amide bonds. The third-order valence-corrected chi connectivity index (χ3v) is 4.19. The number of aliphatic hydroxyl groups excluding tert-OH is 1. The number of ether oxygens (including phenoxy) is 1. The Morgan fingerprint density at radius 2 is 1.67 bits per heavy atom. The van der Waals surface area contributed by atoms with Crippen LogP contribution in [0.1, 0.15) is 33.3 Å². The first kappa shape index (κ1) is 16.5. The lowest BCUT2D eigenvalue weighted by Gasteiger charge is -2.32. The lowest BCUT2D eigenvalue weighted by molar-refractivity contribution is 0.00578. The van der Waals surface area contributed by atoms with Gasteiger partial charge in [0.15, 0.2) is 0 Å². The van der Waals surface area contributed by atoms with E-state index in [1.165, 1.54) is 0 Å². The largest absolute Gasteiger partial charge is 0.460 e. The Labute approximate surface area is 127 Å². The molecule has 2 rings (SSSR count). The van der Waals surface area contributed by atoms with E-state index in [2.05, 4.69) is 0 Å². The Hall–Kier alpha value is -0.875. The van der Waals surface area contributed by atoms with Crippen LogP contribution >= 0.6 is 0 Å². The van der Waals surface area contributed by atoms with Gasteiger partial charge in [-0.3, -0.25) is 0 Å². The van der Waals surface area contributed by atoms with Crippen molar-refractivity contribution in [2.75, 3.05) is 6.61 Å². The van der Waals surface area contributed by atoms with Crippen molar-refractivity contribution in [3.63, 3.8) is 0 Å². The van der Waals surface area contributed by atoms with E-state index < -0.39 is 6.10 Å². The second-order valence-electron chi connectivity index (χ2n) is 6.58. The fourth-order valence-corrected chi connectivity index (χ4v) is 2.24. The molecule has 1 unspecified atom stereocenters. The summed E-state index contributed by atoms with van der Waals surface area (Å²) in [5.41, 5.74) is 0.380. The molecule has 1 aliphatic heterocycles. The number of hydrogen-bond donors (Lipinski definition) is 1. The van der Waals surface area contributed by atoms with Crippen molar-refractivity contribution in [1.29, 1.82) is 0 Å². The molecule has 0 spiro atoms. The van der Waals surface area contributed by atoms with E-state index in [1.54, 1.807) is 0 Å². The van der Waals surface area contributed by atoms with Gasteiger partial charge in [0.2, 0.25) is 0 Å². The zero-order valence-corrected chi connectivity index (χ0v) is 13.3. The smallest absolute Gasteiger partial charge is 0.403 e. The van der Waals surface area contributed by atoms with Crippen molar-refractivity contribution in [2.24, 2.45) is 0 Å². The topological polar surface area (TPSA) is 47.9 Å². The van der Waals surface area contributed by atoms with E-state index in [1.807, 2.05) is 58.0 Å². The summed E-state index contributed by atoms with van der Waals surface area (Å²) in [6.45, 7) is 8.80. The second kappa shape index (κ2) is 6.49. The van der Waals surface area contributed by atoms with Gasteiger partial charge in [-0.05, 0) is 33.3 Å². The first-order chi connectivity index (χ1) is 9.80. The predicted octanol–water partition coefficient (Wildman–Crippen LogP) is 2.66. The Morgan fingerprint density at radius 3 is 2.24 bits per heavy atom. The number of benzene rings is 1. The molecular formula is C16H25BO4. The molecule has 21 heavy (non-hydrogen) atoms. The average molecular weight is 292 g/mol. The Bertz CT molecular complexity index is 431. The molecule has 0 aliphatic carbocycles. The van der Waals surface area contributed by atoms with E-state index in [9.17, 15) is 5.11 Å². The first-order valence-electron chi connectivity index (χ1n) is 7.45. The van der Waals surface area contributed by atoms with Crippen LogP contribution in [0.2, 0.25) is 6.32 Å². The summed E-state index contributed by atoms with van der Waals surface area (Å²) in [7, 11) is -0.384. The van der Waals surface area contributed by atoms with Crippen LogP contribution in [-0.4, -0.2) is 36.1 Å². The highest BCUT2D eigenvalue weighted by molar-refractivity contribution is 6.45. The van der Waals surface area contributed by atoms with Gasteiger partial charge in [-0.2, -0.15) is 0 Å². The fraction of sp³-hybridized carbons (Fsp3) is 0.625. The highest BCUT2D eigenvalue weighted by Crippen LogP contribution is 2.37. The summed E-state index contributed by atoms with van der Waals surface area (Å²) in [4.78, 5) is 0. The van der Waals surface area contributed by atoms with E-state index >= 15 is 0 Å². The number of rotatable bonds is 6. The van der Waals surface area contributed by atoms with E-state index in [-0.39, 0.29) is 24.9 Å². The molecule has 1 atom stereocenters. The fourth-order valence-electron chi connectivity index (χ4n) is 2.24. The highest BCUT2D eigenvalue weighted by Gasteiger charge is 2.51.